The molecule has 1 aliphatic heterocycles. The standard InChI is InChI=1S/C12H13BrFNO4S/c13-10-8(12(16)17)3-4-9(11(10)14)15-7-2-1-5-20(18,19)6-7/h3-4,7,15H,1-2,5-6H2,(H,16,17). The zero-order valence-electron chi connectivity index (χ0n) is 10.4. The van der Waals surface area contributed by atoms with E-state index in [0.717, 1.165) is 0 Å². The van der Waals surface area contributed by atoms with Gasteiger partial charge in [0.15, 0.2) is 15.7 Å². The van der Waals surface area contributed by atoms with Crippen LogP contribution in [0, 0.1) is 5.82 Å². The lowest BCUT2D eigenvalue weighted by molar-refractivity contribution is 0.0695. The highest BCUT2D eigenvalue weighted by molar-refractivity contribution is 9.10. The molecule has 5 nitrogen and oxygen atoms in total. The molecule has 0 bridgehead atoms. The summed E-state index contributed by atoms with van der Waals surface area (Å²) in [4.78, 5) is 10.9. The molecule has 0 radical (unpaired) electrons. The minimum absolute atomic E-state index is 0.0370. The molecular weight excluding hydrogens is 353 g/mol. The first kappa shape index (κ1) is 15.2. The van der Waals surface area contributed by atoms with Crippen LogP contribution in [0.5, 0.6) is 0 Å². The fourth-order valence-electron chi connectivity index (χ4n) is 2.18. The fourth-order valence-corrected chi connectivity index (χ4v) is 4.33. The van der Waals surface area contributed by atoms with Gasteiger partial charge in [0.05, 0.1) is 27.2 Å². The molecule has 0 aliphatic carbocycles. The van der Waals surface area contributed by atoms with Crippen LogP contribution >= 0.6 is 15.9 Å². The van der Waals surface area contributed by atoms with E-state index in [1.807, 2.05) is 0 Å². The van der Waals surface area contributed by atoms with E-state index in [-0.39, 0.29) is 33.3 Å². The minimum atomic E-state index is -3.09. The Morgan fingerprint density at radius 3 is 2.75 bits per heavy atom. The van der Waals surface area contributed by atoms with E-state index in [9.17, 15) is 17.6 Å². The number of rotatable bonds is 3. The van der Waals surface area contributed by atoms with Gasteiger partial charge in [0.2, 0.25) is 0 Å². The van der Waals surface area contributed by atoms with Gasteiger partial charge in [0.1, 0.15) is 0 Å². The molecule has 1 saturated heterocycles. The monoisotopic (exact) mass is 365 g/mol. The molecule has 8 heteroatoms. The van der Waals surface area contributed by atoms with Crippen molar-refractivity contribution >= 4 is 37.4 Å². The van der Waals surface area contributed by atoms with Gasteiger partial charge in [0.25, 0.3) is 0 Å². The lowest BCUT2D eigenvalue weighted by Gasteiger charge is -2.24. The van der Waals surface area contributed by atoms with Gasteiger partial charge >= 0.3 is 5.97 Å². The van der Waals surface area contributed by atoms with Gasteiger partial charge < -0.3 is 10.4 Å². The molecular formula is C12H13BrFNO4S. The summed E-state index contributed by atoms with van der Waals surface area (Å²) >= 11 is 2.90. The summed E-state index contributed by atoms with van der Waals surface area (Å²) in [7, 11) is -3.09. The molecule has 2 N–H and O–H groups in total. The third-order valence-electron chi connectivity index (χ3n) is 3.14. The SMILES string of the molecule is O=C(O)c1ccc(NC2CCCS(=O)(=O)C2)c(F)c1Br. The van der Waals surface area contributed by atoms with Gasteiger partial charge in [-0.05, 0) is 40.9 Å². The zero-order valence-corrected chi connectivity index (χ0v) is 12.8. The van der Waals surface area contributed by atoms with E-state index in [4.69, 9.17) is 5.11 Å². The van der Waals surface area contributed by atoms with Crippen molar-refractivity contribution < 1.29 is 22.7 Å². The number of carbonyl (C=O) groups is 1. The molecule has 1 heterocycles. The van der Waals surface area contributed by atoms with Gasteiger partial charge in [-0.25, -0.2) is 17.6 Å². The van der Waals surface area contributed by atoms with Crippen molar-refractivity contribution in [1.82, 2.24) is 0 Å². The van der Waals surface area contributed by atoms with Crippen LogP contribution in [0.1, 0.15) is 23.2 Å². The number of aromatic carboxylic acids is 1. The third kappa shape index (κ3) is 3.29. The van der Waals surface area contributed by atoms with Crippen molar-refractivity contribution in [2.75, 3.05) is 16.8 Å². The largest absolute Gasteiger partial charge is 0.478 e. The van der Waals surface area contributed by atoms with Crippen molar-refractivity contribution in [3.8, 4) is 0 Å². The first-order valence-electron chi connectivity index (χ1n) is 5.98. The molecule has 1 aliphatic rings. The van der Waals surface area contributed by atoms with Crippen LogP contribution in [-0.4, -0.2) is 37.0 Å². The highest BCUT2D eigenvalue weighted by Crippen LogP contribution is 2.28. The summed E-state index contributed by atoms with van der Waals surface area (Å²) in [6, 6.07) is 2.23. The molecule has 20 heavy (non-hydrogen) atoms. The number of nitrogens with one attached hydrogen (secondary N) is 1. The van der Waals surface area contributed by atoms with Crippen molar-refractivity contribution in [3.63, 3.8) is 0 Å². The Kier molecular flexibility index (Phi) is 4.33. The van der Waals surface area contributed by atoms with E-state index in [1.54, 1.807) is 0 Å². The number of halogens is 2. The molecule has 0 aromatic heterocycles. The first-order valence-corrected chi connectivity index (χ1v) is 8.60. The van der Waals surface area contributed by atoms with Crippen LogP contribution in [0.2, 0.25) is 0 Å². The Hall–Kier alpha value is -1.15. The average Bonchev–Trinajstić information content (AvgIpc) is 2.33. The van der Waals surface area contributed by atoms with Gasteiger partial charge in [-0.15, -0.1) is 0 Å². The second-order valence-electron chi connectivity index (χ2n) is 4.69. The van der Waals surface area contributed by atoms with Crippen LogP contribution in [0.15, 0.2) is 16.6 Å². The van der Waals surface area contributed by atoms with E-state index in [1.165, 1.54) is 12.1 Å². The molecule has 2 rings (SSSR count). The summed E-state index contributed by atoms with van der Waals surface area (Å²) in [5.41, 5.74) is -0.0757. The predicted molar refractivity (Wildman–Crippen MR) is 76.4 cm³/mol. The molecule has 0 saturated carbocycles. The summed E-state index contributed by atoms with van der Waals surface area (Å²) in [5, 5.41) is 11.7. The average molecular weight is 366 g/mol. The van der Waals surface area contributed by atoms with E-state index < -0.39 is 21.6 Å². The van der Waals surface area contributed by atoms with E-state index in [0.29, 0.717) is 12.8 Å². The minimum Gasteiger partial charge on any atom is -0.478 e. The van der Waals surface area contributed by atoms with Gasteiger partial charge in [-0.2, -0.15) is 0 Å². The normalized spacial score (nSPS) is 21.4. The van der Waals surface area contributed by atoms with E-state index in [2.05, 4.69) is 21.2 Å². The molecule has 1 aromatic rings. The summed E-state index contributed by atoms with van der Waals surface area (Å²) < 4.78 is 37.0. The molecule has 110 valence electrons. The second kappa shape index (κ2) is 5.69. The number of carboxylic acids is 1. The summed E-state index contributed by atoms with van der Waals surface area (Å²) in [6.07, 6.45) is 1.17. The molecule has 0 spiro atoms. The third-order valence-corrected chi connectivity index (χ3v) is 5.73. The van der Waals surface area contributed by atoms with Gasteiger partial charge in [-0.1, -0.05) is 0 Å². The maximum absolute atomic E-state index is 14.0. The van der Waals surface area contributed by atoms with E-state index >= 15 is 0 Å². The summed E-state index contributed by atoms with van der Waals surface area (Å²) in [5.74, 6) is -1.84. The Bertz CT molecular complexity index is 647. The highest BCUT2D eigenvalue weighted by Gasteiger charge is 2.26. The van der Waals surface area contributed by atoms with Crippen molar-refractivity contribution in [3.05, 3.63) is 28.0 Å². The number of carboxylic acid groups (broad SMARTS) is 1. The maximum atomic E-state index is 14.0. The Morgan fingerprint density at radius 1 is 1.45 bits per heavy atom. The number of benzene rings is 1. The smallest absolute Gasteiger partial charge is 0.336 e. The van der Waals surface area contributed by atoms with Crippen LogP contribution in [-0.2, 0) is 9.84 Å². The van der Waals surface area contributed by atoms with Crippen LogP contribution in [0.3, 0.4) is 0 Å². The quantitative estimate of drug-likeness (QED) is 0.858. The zero-order chi connectivity index (χ0) is 14.9. The molecule has 1 fully saturated rings. The molecule has 0 amide bonds. The van der Waals surface area contributed by atoms with Crippen molar-refractivity contribution in [2.45, 2.75) is 18.9 Å². The molecule has 1 aromatic carbocycles. The maximum Gasteiger partial charge on any atom is 0.336 e. The van der Waals surface area contributed by atoms with Crippen molar-refractivity contribution in [1.29, 1.82) is 0 Å². The molecule has 1 unspecified atom stereocenters. The Labute approximate surface area is 124 Å². The van der Waals surface area contributed by atoms with Crippen LogP contribution < -0.4 is 5.32 Å². The number of hydrogen-bond acceptors (Lipinski definition) is 4. The number of hydrogen-bond donors (Lipinski definition) is 2. The molecule has 1 atom stereocenters. The fraction of sp³-hybridized carbons (Fsp3) is 0.417. The van der Waals surface area contributed by atoms with Crippen LogP contribution in [0.4, 0.5) is 10.1 Å². The lowest BCUT2D eigenvalue weighted by atomic mass is 10.1. The lowest BCUT2D eigenvalue weighted by Crippen LogP contribution is -2.35. The second-order valence-corrected chi connectivity index (χ2v) is 7.71. The Morgan fingerprint density at radius 2 is 2.15 bits per heavy atom. The number of anilines is 1. The van der Waals surface area contributed by atoms with Gasteiger partial charge in [0, 0.05) is 6.04 Å². The predicted octanol–water partition coefficient (Wildman–Crippen LogP) is 2.28. The first-order chi connectivity index (χ1) is 9.30. The van der Waals surface area contributed by atoms with Gasteiger partial charge in [-0.3, -0.25) is 0 Å². The Balaban J connectivity index is 2.22. The van der Waals surface area contributed by atoms with Crippen LogP contribution in [0.25, 0.3) is 0 Å². The summed E-state index contributed by atoms with van der Waals surface area (Å²) in [6.45, 7) is 0. The highest BCUT2D eigenvalue weighted by atomic mass is 79.9. The number of sulfone groups is 1. The topological polar surface area (TPSA) is 83.5 Å². The van der Waals surface area contributed by atoms with Crippen molar-refractivity contribution in [2.24, 2.45) is 0 Å².